The van der Waals surface area contributed by atoms with Crippen molar-refractivity contribution in [1.29, 1.82) is 0 Å². The van der Waals surface area contributed by atoms with Gasteiger partial charge in [0.1, 0.15) is 0 Å². The van der Waals surface area contributed by atoms with E-state index in [-0.39, 0.29) is 17.0 Å². The highest BCUT2D eigenvalue weighted by Gasteiger charge is 2.19. The Morgan fingerprint density at radius 3 is 2.78 bits per heavy atom. The number of nitro benzene ring substituents is 1. The van der Waals surface area contributed by atoms with Crippen molar-refractivity contribution in [2.24, 2.45) is 0 Å². The maximum absolute atomic E-state index is 11.9. The van der Waals surface area contributed by atoms with Crippen LogP contribution in [0.15, 0.2) is 29.2 Å². The molecule has 1 aromatic rings. The molecule has 7 heteroatoms. The van der Waals surface area contributed by atoms with E-state index in [9.17, 15) is 18.5 Å². The van der Waals surface area contributed by atoms with Crippen LogP contribution >= 0.6 is 0 Å². The fourth-order valence-electron chi connectivity index (χ4n) is 1.32. The van der Waals surface area contributed by atoms with E-state index in [0.29, 0.717) is 0 Å². The van der Waals surface area contributed by atoms with Crippen molar-refractivity contribution in [1.82, 2.24) is 4.72 Å². The lowest BCUT2D eigenvalue weighted by Gasteiger charge is -2.11. The summed E-state index contributed by atoms with van der Waals surface area (Å²) in [5, 5.41) is 10.6. The molecule has 18 heavy (non-hydrogen) atoms. The number of hydrogen-bond acceptors (Lipinski definition) is 4. The molecule has 0 radical (unpaired) electrons. The van der Waals surface area contributed by atoms with Crippen LogP contribution in [0.4, 0.5) is 5.69 Å². The first-order valence-electron chi connectivity index (χ1n) is 5.07. The fraction of sp³-hybridized carbons (Fsp3) is 0.273. The zero-order valence-corrected chi connectivity index (χ0v) is 10.5. The molecule has 0 fully saturated rings. The Morgan fingerprint density at radius 1 is 1.56 bits per heavy atom. The number of non-ortho nitro benzene ring substituents is 1. The standard InChI is InChI=1S/C11H12N2O4S/c1-3-5-9(2)12-18(16,17)11-7-4-6-10(8-11)13(14)15/h1,4,6-9,12H,5H2,2H3. The summed E-state index contributed by atoms with van der Waals surface area (Å²) < 4.78 is 26.1. The molecule has 1 N–H and O–H groups in total. The molecule has 0 bridgehead atoms. The van der Waals surface area contributed by atoms with Crippen LogP contribution in [0.25, 0.3) is 0 Å². The molecule has 1 rings (SSSR count). The van der Waals surface area contributed by atoms with E-state index in [1.54, 1.807) is 6.92 Å². The summed E-state index contributed by atoms with van der Waals surface area (Å²) in [6.45, 7) is 1.62. The van der Waals surface area contributed by atoms with E-state index >= 15 is 0 Å². The molecule has 0 amide bonds. The minimum absolute atomic E-state index is 0.152. The van der Waals surface area contributed by atoms with Gasteiger partial charge in [0.15, 0.2) is 0 Å². The highest BCUT2D eigenvalue weighted by Crippen LogP contribution is 2.17. The van der Waals surface area contributed by atoms with E-state index < -0.39 is 21.0 Å². The third-order valence-electron chi connectivity index (χ3n) is 2.12. The molecule has 0 saturated heterocycles. The molecule has 1 unspecified atom stereocenters. The lowest BCUT2D eigenvalue weighted by atomic mass is 10.3. The molecule has 0 aliphatic carbocycles. The van der Waals surface area contributed by atoms with Crippen LogP contribution in [0.2, 0.25) is 0 Å². The second-order valence-corrected chi connectivity index (χ2v) is 5.40. The van der Waals surface area contributed by atoms with Crippen molar-refractivity contribution in [3.63, 3.8) is 0 Å². The summed E-state index contributed by atoms with van der Waals surface area (Å²) >= 11 is 0. The number of benzene rings is 1. The Morgan fingerprint density at radius 2 is 2.22 bits per heavy atom. The van der Waals surface area contributed by atoms with Gasteiger partial charge >= 0.3 is 0 Å². The molecule has 0 aliphatic rings. The molecule has 6 nitrogen and oxygen atoms in total. The Kier molecular flexibility index (Phi) is 4.42. The lowest BCUT2D eigenvalue weighted by Crippen LogP contribution is -2.32. The zero-order chi connectivity index (χ0) is 13.8. The van der Waals surface area contributed by atoms with Crippen LogP contribution in [0.3, 0.4) is 0 Å². The fourth-order valence-corrected chi connectivity index (χ4v) is 2.60. The second-order valence-electron chi connectivity index (χ2n) is 3.69. The average Bonchev–Trinajstić information content (AvgIpc) is 2.28. The Hall–Kier alpha value is -1.91. The van der Waals surface area contributed by atoms with Gasteiger partial charge in [-0.2, -0.15) is 0 Å². The summed E-state index contributed by atoms with van der Waals surface area (Å²) in [6, 6.07) is 4.41. The van der Waals surface area contributed by atoms with Crippen molar-refractivity contribution in [2.75, 3.05) is 0 Å². The molecule has 0 aliphatic heterocycles. The highest BCUT2D eigenvalue weighted by molar-refractivity contribution is 7.89. The van der Waals surface area contributed by atoms with Gasteiger partial charge in [-0.1, -0.05) is 6.07 Å². The minimum Gasteiger partial charge on any atom is -0.258 e. The van der Waals surface area contributed by atoms with Crippen LogP contribution in [0.1, 0.15) is 13.3 Å². The number of hydrogen-bond donors (Lipinski definition) is 1. The number of rotatable bonds is 5. The highest BCUT2D eigenvalue weighted by atomic mass is 32.2. The maximum atomic E-state index is 11.9. The predicted octanol–water partition coefficient (Wildman–Crippen LogP) is 1.28. The first-order chi connectivity index (χ1) is 8.36. The van der Waals surface area contributed by atoms with Crippen LogP contribution in [-0.4, -0.2) is 19.4 Å². The molecular formula is C11H12N2O4S. The summed E-state index contributed by atoms with van der Waals surface area (Å²) in [6.07, 6.45) is 5.32. The number of terminal acetylenes is 1. The first-order valence-corrected chi connectivity index (χ1v) is 6.55. The van der Waals surface area contributed by atoms with Crippen LogP contribution in [-0.2, 0) is 10.0 Å². The molecule has 0 aromatic heterocycles. The normalized spacial score (nSPS) is 12.7. The van der Waals surface area contributed by atoms with Crippen LogP contribution in [0.5, 0.6) is 0 Å². The van der Waals surface area contributed by atoms with E-state index in [2.05, 4.69) is 10.6 Å². The average molecular weight is 268 g/mol. The molecule has 1 aromatic carbocycles. The summed E-state index contributed by atoms with van der Waals surface area (Å²) in [5.41, 5.74) is -0.275. The second kappa shape index (κ2) is 5.62. The largest absolute Gasteiger partial charge is 0.270 e. The molecule has 0 spiro atoms. The van der Waals surface area contributed by atoms with E-state index in [1.807, 2.05) is 0 Å². The Balaban J connectivity index is 3.02. The molecule has 0 saturated carbocycles. The summed E-state index contributed by atoms with van der Waals surface area (Å²) in [5.74, 6) is 2.34. The zero-order valence-electron chi connectivity index (χ0n) is 9.66. The van der Waals surface area contributed by atoms with Crippen molar-refractivity contribution in [3.05, 3.63) is 34.4 Å². The van der Waals surface area contributed by atoms with Crippen molar-refractivity contribution < 1.29 is 13.3 Å². The van der Waals surface area contributed by atoms with Gasteiger partial charge in [-0.05, 0) is 13.0 Å². The Labute approximate surface area is 105 Å². The summed E-state index contributed by atoms with van der Waals surface area (Å²) in [4.78, 5) is 9.77. The lowest BCUT2D eigenvalue weighted by molar-refractivity contribution is -0.385. The smallest absolute Gasteiger partial charge is 0.258 e. The molecule has 96 valence electrons. The van der Waals surface area contributed by atoms with E-state index in [0.717, 1.165) is 6.07 Å². The summed E-state index contributed by atoms with van der Waals surface area (Å²) in [7, 11) is -3.79. The minimum atomic E-state index is -3.79. The Bertz CT molecular complexity index is 589. The maximum Gasteiger partial charge on any atom is 0.270 e. The number of nitrogens with one attached hydrogen (secondary N) is 1. The van der Waals surface area contributed by atoms with Gasteiger partial charge < -0.3 is 0 Å². The predicted molar refractivity (Wildman–Crippen MR) is 66.3 cm³/mol. The van der Waals surface area contributed by atoms with Gasteiger partial charge in [-0.15, -0.1) is 12.3 Å². The van der Waals surface area contributed by atoms with E-state index in [4.69, 9.17) is 6.42 Å². The van der Waals surface area contributed by atoms with E-state index in [1.165, 1.54) is 18.2 Å². The molecule has 1 atom stereocenters. The van der Waals surface area contributed by atoms with Crippen LogP contribution in [0, 0.1) is 22.5 Å². The van der Waals surface area contributed by atoms with Crippen molar-refractivity contribution >= 4 is 15.7 Å². The molecular weight excluding hydrogens is 256 g/mol. The van der Waals surface area contributed by atoms with Gasteiger partial charge in [0.25, 0.3) is 5.69 Å². The van der Waals surface area contributed by atoms with Gasteiger partial charge in [0, 0.05) is 24.6 Å². The quantitative estimate of drug-likeness (QED) is 0.495. The third kappa shape index (κ3) is 3.55. The SMILES string of the molecule is C#CCC(C)NS(=O)(=O)c1cccc([N+](=O)[O-])c1. The number of sulfonamides is 1. The van der Waals surface area contributed by atoms with Crippen molar-refractivity contribution in [2.45, 2.75) is 24.3 Å². The third-order valence-corrected chi connectivity index (χ3v) is 3.71. The van der Waals surface area contributed by atoms with Crippen molar-refractivity contribution in [3.8, 4) is 12.3 Å². The molecule has 0 heterocycles. The number of nitrogens with zero attached hydrogens (tertiary/aromatic N) is 1. The monoisotopic (exact) mass is 268 g/mol. The number of nitro groups is 1. The topological polar surface area (TPSA) is 89.3 Å². The van der Waals surface area contributed by atoms with Gasteiger partial charge in [0.05, 0.1) is 9.82 Å². The van der Waals surface area contributed by atoms with Gasteiger partial charge in [-0.25, -0.2) is 13.1 Å². The van der Waals surface area contributed by atoms with Crippen LogP contribution < -0.4 is 4.72 Å². The van der Waals surface area contributed by atoms with Gasteiger partial charge in [0.2, 0.25) is 10.0 Å². The van der Waals surface area contributed by atoms with Gasteiger partial charge in [-0.3, -0.25) is 10.1 Å². The first kappa shape index (κ1) is 14.2.